The van der Waals surface area contributed by atoms with Gasteiger partial charge in [0.05, 0.1) is 38.8 Å². The lowest BCUT2D eigenvalue weighted by molar-refractivity contribution is -0.154. The second kappa shape index (κ2) is 53.0. The number of amides is 19. The molecule has 7 heterocycles. The Morgan fingerprint density at radius 1 is 0.371 bits per heavy atom. The summed E-state index contributed by atoms with van der Waals surface area (Å²) in [7, 11) is 0. The number of carboxylic acid groups (broad SMARTS) is 3. The lowest BCUT2D eigenvalue weighted by Crippen LogP contribution is -2.60. The molecule has 0 radical (unpaired) electrons. The van der Waals surface area contributed by atoms with E-state index in [-0.39, 0.29) is 128 Å². The first-order valence-corrected chi connectivity index (χ1v) is 49.0. The molecule has 2 aromatic carbocycles. The van der Waals surface area contributed by atoms with Crippen molar-refractivity contribution in [3.63, 3.8) is 0 Å². The molecule has 786 valence electrons. The number of hydrogen-bond acceptors (Lipinski definition) is 26. The fourth-order valence-electron chi connectivity index (χ4n) is 19.1. The molecular formula is C95H138N20O28. The second-order valence-corrected chi connectivity index (χ2v) is 38.3. The Hall–Kier alpha value is -13.5. The number of benzene rings is 2. The number of nitrogens with one attached hydrogen (secondary N) is 12. The molecule has 7 fully saturated rings. The third-order valence-corrected chi connectivity index (χ3v) is 27.1. The molecule has 7 saturated heterocycles. The summed E-state index contributed by atoms with van der Waals surface area (Å²) in [6.07, 6.45) is 2.17. The van der Waals surface area contributed by atoms with Crippen molar-refractivity contribution in [3.05, 3.63) is 65.7 Å². The van der Waals surface area contributed by atoms with Crippen LogP contribution in [0.15, 0.2) is 54.6 Å². The van der Waals surface area contributed by atoms with Gasteiger partial charge in [-0.25, -0.2) is 4.79 Å². The van der Waals surface area contributed by atoms with Crippen LogP contribution in [0, 0.1) is 17.8 Å². The third kappa shape index (κ3) is 30.5. The number of aromatic hydroxyl groups is 1. The standard InChI is InChI=1S/C95H138N20O28/c1-9-52(6)77(87(134)100-54(8)79(126)97-46-72(119)101-63(48-116)84(131)102-59(33-34-74(121)122)81(128)105-62(42-50(2)3)88(135)110-36-14-23-66(110)93(140)115-41-19-28-71(115)95(142)143)107-73(120)47-98-78(125)53(7)99-82(129)60(44-56-29-31-57(118)32-30-56)104-85(132)64(49-117)106-86(133)65-22-13-35-109(65)89(136)67-24-15-37-111(67)90(137)68-25-16-38-112(68)91(138)69-26-17-39-113(69)92(139)70-27-18-40-114(70)94(141)76(51(4)5)108-83(130)61(43-55-20-11-10-12-21-55)103-80(127)58(96)45-75(123)124/h10-12,20-21,29-32,50-54,58-71,76-77,116-118H,9,13-19,22-28,33-49,96H2,1-8H3,(H,97,126)(H,98,125)(H,99,129)(H,100,134)(H,101,119)(H,102,131)(H,103,127)(H,104,132)(H,105,128)(H,106,133)(H,107,120)(H,108,130)(H,121,122)(H,123,124)(H,142,143)/t52-,53-,54-,58-,59-,60-,61-,62-,63-,64-,65-,66-,67-,68-,69-,70-,71-,76-,77-/m0/s1. The molecule has 0 aliphatic carbocycles. The second-order valence-electron chi connectivity index (χ2n) is 38.3. The van der Waals surface area contributed by atoms with Crippen molar-refractivity contribution >= 4 is 130 Å². The summed E-state index contributed by atoms with van der Waals surface area (Å²) in [6.45, 7) is 9.74. The van der Waals surface area contributed by atoms with Crippen LogP contribution in [-0.4, -0.2) is 376 Å². The van der Waals surface area contributed by atoms with Gasteiger partial charge >= 0.3 is 17.9 Å². The van der Waals surface area contributed by atoms with Gasteiger partial charge in [-0.05, 0) is 158 Å². The molecule has 7 aliphatic rings. The monoisotopic (exact) mass is 2010 g/mol. The summed E-state index contributed by atoms with van der Waals surface area (Å²) >= 11 is 0. The summed E-state index contributed by atoms with van der Waals surface area (Å²) in [6, 6.07) is -9.77. The molecule has 0 bridgehead atoms. The van der Waals surface area contributed by atoms with Gasteiger partial charge in [0.2, 0.25) is 112 Å². The first-order chi connectivity index (χ1) is 67.9. The van der Waals surface area contributed by atoms with Crippen molar-refractivity contribution in [1.29, 1.82) is 0 Å². The van der Waals surface area contributed by atoms with Crippen LogP contribution in [0.5, 0.6) is 5.75 Å². The molecule has 48 heteroatoms. The summed E-state index contributed by atoms with van der Waals surface area (Å²) in [5.74, 6) is -21.0. The number of hydrogen-bond donors (Lipinski definition) is 19. The highest BCUT2D eigenvalue weighted by Gasteiger charge is 2.52. The number of carbonyl (C=O) groups is 22. The van der Waals surface area contributed by atoms with E-state index in [4.69, 9.17) is 5.73 Å². The Morgan fingerprint density at radius 2 is 0.741 bits per heavy atom. The molecule has 19 amide bonds. The Labute approximate surface area is 826 Å². The molecule has 2 aromatic rings. The van der Waals surface area contributed by atoms with Crippen molar-refractivity contribution < 1.29 is 136 Å². The van der Waals surface area contributed by atoms with Gasteiger partial charge in [-0.1, -0.05) is 90.4 Å². The maximum atomic E-state index is 14.9. The van der Waals surface area contributed by atoms with E-state index >= 15 is 0 Å². The Kier molecular flexibility index (Phi) is 41.9. The Morgan fingerprint density at radius 3 is 1.18 bits per heavy atom. The number of carboxylic acids is 3. The van der Waals surface area contributed by atoms with Gasteiger partial charge in [0.25, 0.3) is 0 Å². The molecule has 48 nitrogen and oxygen atoms in total. The van der Waals surface area contributed by atoms with E-state index < -0.39 is 296 Å². The number of aliphatic hydroxyl groups excluding tert-OH is 2. The third-order valence-electron chi connectivity index (χ3n) is 27.1. The fraction of sp³-hybridized carbons (Fsp3) is 0.642. The van der Waals surface area contributed by atoms with Gasteiger partial charge in [-0.15, -0.1) is 0 Å². The van der Waals surface area contributed by atoms with Gasteiger partial charge in [0.15, 0.2) is 0 Å². The number of aliphatic carboxylic acids is 3. The van der Waals surface area contributed by atoms with Gasteiger partial charge in [0, 0.05) is 65.1 Å². The smallest absolute Gasteiger partial charge is 0.326 e. The first kappa shape index (κ1) is 113. The number of phenolic OH excluding ortho intramolecular Hbond substituents is 1. The predicted molar refractivity (Wildman–Crippen MR) is 504 cm³/mol. The largest absolute Gasteiger partial charge is 0.508 e. The number of nitrogens with two attached hydrogens (primary N) is 1. The Balaban J connectivity index is 0.742. The fourth-order valence-corrected chi connectivity index (χ4v) is 19.1. The van der Waals surface area contributed by atoms with E-state index in [9.17, 15) is 136 Å². The molecule has 7 aliphatic heterocycles. The highest BCUT2D eigenvalue weighted by Crippen LogP contribution is 2.34. The van der Waals surface area contributed by atoms with E-state index in [1.807, 2.05) is 0 Å². The van der Waals surface area contributed by atoms with Crippen molar-refractivity contribution in [2.24, 2.45) is 23.5 Å². The molecule has 9 rings (SSSR count). The van der Waals surface area contributed by atoms with E-state index in [2.05, 4.69) is 63.8 Å². The van der Waals surface area contributed by atoms with Crippen LogP contribution in [-0.2, 0) is 118 Å². The van der Waals surface area contributed by atoms with Gasteiger partial charge in [-0.2, -0.15) is 0 Å². The summed E-state index contributed by atoms with van der Waals surface area (Å²) in [5.41, 5.74) is 6.87. The lowest BCUT2D eigenvalue weighted by Gasteiger charge is -2.37. The van der Waals surface area contributed by atoms with Crippen LogP contribution in [0.4, 0.5) is 0 Å². The topological polar surface area (TPSA) is 690 Å². The van der Waals surface area contributed by atoms with Crippen LogP contribution in [0.25, 0.3) is 0 Å². The van der Waals surface area contributed by atoms with Crippen molar-refractivity contribution in [3.8, 4) is 5.75 Å². The number of nitrogens with zero attached hydrogens (tertiary/aromatic N) is 7. The maximum Gasteiger partial charge on any atom is 0.326 e. The van der Waals surface area contributed by atoms with Gasteiger partial charge < -0.3 is 134 Å². The number of likely N-dealkylation sites (tertiary alicyclic amines) is 7. The molecule has 0 saturated carbocycles. The summed E-state index contributed by atoms with van der Waals surface area (Å²) in [4.78, 5) is 312. The molecule has 0 unspecified atom stereocenters. The first-order valence-electron chi connectivity index (χ1n) is 49.0. The van der Waals surface area contributed by atoms with Crippen LogP contribution < -0.4 is 69.5 Å². The van der Waals surface area contributed by atoms with Crippen LogP contribution >= 0.6 is 0 Å². The van der Waals surface area contributed by atoms with Crippen LogP contribution in [0.3, 0.4) is 0 Å². The number of carbonyl (C=O) groups excluding carboxylic acids is 19. The number of phenols is 1. The molecule has 19 atom stereocenters. The number of aliphatic hydroxyl groups is 2. The highest BCUT2D eigenvalue weighted by atomic mass is 16.4. The zero-order chi connectivity index (χ0) is 105. The minimum Gasteiger partial charge on any atom is -0.508 e. The molecule has 143 heavy (non-hydrogen) atoms. The minimum atomic E-state index is -1.82. The number of rotatable bonds is 48. The summed E-state index contributed by atoms with van der Waals surface area (Å²) in [5, 5.41) is 89.2. The van der Waals surface area contributed by atoms with E-state index in [1.54, 1.807) is 71.9 Å². The van der Waals surface area contributed by atoms with Crippen molar-refractivity contribution in [2.75, 3.05) is 72.1 Å². The molecule has 0 spiro atoms. The van der Waals surface area contributed by atoms with Crippen molar-refractivity contribution in [2.45, 2.75) is 299 Å². The quantitative estimate of drug-likeness (QED) is 0.0294. The lowest BCUT2D eigenvalue weighted by atomic mass is 9.98. The zero-order valence-corrected chi connectivity index (χ0v) is 81.8. The average molecular weight is 2010 g/mol. The zero-order valence-electron chi connectivity index (χ0n) is 81.8. The molecule has 0 aromatic heterocycles. The predicted octanol–water partition coefficient (Wildman–Crippen LogP) is -5.28. The average Bonchev–Trinajstić information content (AvgIpc) is 1.63. The molecule has 20 N–H and O–H groups in total. The van der Waals surface area contributed by atoms with E-state index in [1.165, 1.54) is 72.4 Å². The van der Waals surface area contributed by atoms with E-state index in [0.29, 0.717) is 56.1 Å². The SMILES string of the molecule is CC[C@H](C)[C@H](NC(=O)CNC(=O)[C@H](C)NC(=O)[C@H](Cc1ccc(O)cc1)NC(=O)[C@H](CO)NC(=O)[C@@H]1CCCN1C(=O)[C@@H]1CCCN1C(=O)[C@@H]1CCCN1C(=O)[C@@H]1CCCN1C(=O)[C@@H]1CCCN1C(=O)[C@@H](NC(=O)[C@H](Cc1ccccc1)NC(=O)[C@@H](N)CC(=O)O)C(C)C)C(=O)N[C@@H](C)C(=O)NCC(=O)N[C@@H](CO)C(=O)N[C@@H](CCC(=O)O)C(=O)N[C@@H](CC(C)C)C(=O)N1CCC[C@H]1C(=O)N1CCC[C@H]1C(=O)O. The molecular weight excluding hydrogens is 1870 g/mol. The Bertz CT molecular complexity index is 4970. The highest BCUT2D eigenvalue weighted by molar-refractivity contribution is 6.03. The van der Waals surface area contributed by atoms with Gasteiger partial charge in [0.1, 0.15) is 108 Å². The minimum absolute atomic E-state index is 0.0200. The summed E-state index contributed by atoms with van der Waals surface area (Å²) < 4.78 is 0. The van der Waals surface area contributed by atoms with Crippen molar-refractivity contribution in [1.82, 2.24) is 98.1 Å². The van der Waals surface area contributed by atoms with Gasteiger partial charge in [-0.3, -0.25) is 101 Å². The maximum absolute atomic E-state index is 14.9. The van der Waals surface area contributed by atoms with E-state index in [0.717, 1.165) is 0 Å². The normalized spacial score (nSPS) is 21.3. The van der Waals surface area contributed by atoms with Crippen LogP contribution in [0.1, 0.15) is 189 Å². The van der Waals surface area contributed by atoms with Crippen LogP contribution in [0.2, 0.25) is 0 Å².